The summed E-state index contributed by atoms with van der Waals surface area (Å²) < 4.78 is 1.60. The highest BCUT2D eigenvalue weighted by Crippen LogP contribution is 2.21. The quantitative estimate of drug-likeness (QED) is 0.319. The number of thiophene rings is 1. The molecule has 0 aliphatic carbocycles. The van der Waals surface area contributed by atoms with E-state index in [1.807, 2.05) is 53.9 Å². The van der Waals surface area contributed by atoms with Crippen LogP contribution in [-0.2, 0) is 17.6 Å². The maximum Gasteiger partial charge on any atom is 0.266 e. The first-order chi connectivity index (χ1) is 15.2. The maximum absolute atomic E-state index is 13.3. The van der Waals surface area contributed by atoms with Gasteiger partial charge in [0.25, 0.3) is 5.56 Å². The van der Waals surface area contributed by atoms with Crippen LogP contribution in [0.25, 0.3) is 16.6 Å². The van der Waals surface area contributed by atoms with E-state index in [1.165, 1.54) is 22.2 Å². The van der Waals surface area contributed by atoms with E-state index in [0.29, 0.717) is 22.6 Å². The van der Waals surface area contributed by atoms with Gasteiger partial charge in [-0.3, -0.25) is 14.2 Å². The molecule has 0 saturated heterocycles. The molecule has 158 valence electrons. The van der Waals surface area contributed by atoms with Gasteiger partial charge in [0, 0.05) is 11.4 Å². The van der Waals surface area contributed by atoms with E-state index in [2.05, 4.69) is 18.3 Å². The highest BCUT2D eigenvalue weighted by atomic mass is 32.2. The highest BCUT2D eigenvalue weighted by molar-refractivity contribution is 7.99. The third-order valence-electron chi connectivity index (χ3n) is 4.95. The number of aryl methyl sites for hydroxylation is 1. The lowest BCUT2D eigenvalue weighted by atomic mass is 10.1. The number of aromatic nitrogens is 2. The van der Waals surface area contributed by atoms with Gasteiger partial charge in [-0.15, -0.1) is 11.3 Å². The van der Waals surface area contributed by atoms with Crippen LogP contribution in [-0.4, -0.2) is 27.8 Å². The van der Waals surface area contributed by atoms with E-state index in [-0.39, 0.29) is 17.2 Å². The van der Waals surface area contributed by atoms with Crippen LogP contribution < -0.4 is 10.9 Å². The Morgan fingerprint density at radius 1 is 1.10 bits per heavy atom. The Morgan fingerprint density at radius 2 is 1.90 bits per heavy atom. The first-order valence-corrected chi connectivity index (χ1v) is 12.0. The summed E-state index contributed by atoms with van der Waals surface area (Å²) in [7, 11) is 0. The SMILES string of the molecule is CCc1ccc(-n2c(SCC(=O)NCCc3cccs3)nc3ccccc3c2=O)cc1. The molecule has 0 unspecified atom stereocenters. The molecule has 2 aromatic heterocycles. The topological polar surface area (TPSA) is 64.0 Å². The predicted octanol–water partition coefficient (Wildman–Crippen LogP) is 4.46. The van der Waals surface area contributed by atoms with Gasteiger partial charge in [0.2, 0.25) is 5.91 Å². The van der Waals surface area contributed by atoms with Crippen LogP contribution in [0.15, 0.2) is 76.0 Å². The molecule has 2 heterocycles. The van der Waals surface area contributed by atoms with E-state index in [4.69, 9.17) is 4.98 Å². The summed E-state index contributed by atoms with van der Waals surface area (Å²) in [5.74, 6) is 0.124. The van der Waals surface area contributed by atoms with Crippen molar-refractivity contribution in [1.29, 1.82) is 0 Å². The molecule has 0 saturated carbocycles. The first kappa shape index (κ1) is 21.3. The van der Waals surface area contributed by atoms with Gasteiger partial charge in [-0.25, -0.2) is 4.98 Å². The smallest absolute Gasteiger partial charge is 0.266 e. The number of benzene rings is 2. The van der Waals surface area contributed by atoms with Crippen molar-refractivity contribution in [3.05, 3.63) is 86.8 Å². The number of nitrogens with one attached hydrogen (secondary N) is 1. The van der Waals surface area contributed by atoms with Crippen molar-refractivity contribution in [2.45, 2.75) is 24.9 Å². The van der Waals surface area contributed by atoms with Crippen molar-refractivity contribution in [1.82, 2.24) is 14.9 Å². The summed E-state index contributed by atoms with van der Waals surface area (Å²) in [6, 6.07) is 19.3. The number of carbonyl (C=O) groups is 1. The predicted molar refractivity (Wildman–Crippen MR) is 128 cm³/mol. The summed E-state index contributed by atoms with van der Waals surface area (Å²) in [5, 5.41) is 6.06. The molecule has 0 aliphatic heterocycles. The van der Waals surface area contributed by atoms with Gasteiger partial charge in [-0.1, -0.05) is 49.0 Å². The third-order valence-corrected chi connectivity index (χ3v) is 6.83. The van der Waals surface area contributed by atoms with Crippen LogP contribution in [0.2, 0.25) is 0 Å². The molecule has 0 bridgehead atoms. The lowest BCUT2D eigenvalue weighted by Crippen LogP contribution is -2.28. The summed E-state index contributed by atoms with van der Waals surface area (Å²) in [4.78, 5) is 31.6. The second kappa shape index (κ2) is 9.94. The molecular weight excluding hydrogens is 426 g/mol. The van der Waals surface area contributed by atoms with E-state index >= 15 is 0 Å². The summed E-state index contributed by atoms with van der Waals surface area (Å²) in [6.07, 6.45) is 1.75. The second-order valence-corrected chi connectivity index (χ2v) is 9.01. The fourth-order valence-corrected chi connectivity index (χ4v) is 4.83. The van der Waals surface area contributed by atoms with Gasteiger partial charge in [-0.05, 0) is 54.1 Å². The number of rotatable bonds is 8. The number of nitrogens with zero attached hydrogens (tertiary/aromatic N) is 2. The molecule has 2 aromatic carbocycles. The number of carbonyl (C=O) groups excluding carboxylic acids is 1. The largest absolute Gasteiger partial charge is 0.355 e. The van der Waals surface area contributed by atoms with E-state index in [9.17, 15) is 9.59 Å². The average Bonchev–Trinajstić information content (AvgIpc) is 3.31. The fraction of sp³-hybridized carbons (Fsp3) is 0.208. The van der Waals surface area contributed by atoms with Gasteiger partial charge in [-0.2, -0.15) is 0 Å². The van der Waals surface area contributed by atoms with Crippen molar-refractivity contribution >= 4 is 39.9 Å². The Balaban J connectivity index is 1.56. The van der Waals surface area contributed by atoms with Crippen LogP contribution in [0.1, 0.15) is 17.4 Å². The fourth-order valence-electron chi connectivity index (χ4n) is 3.28. The standard InChI is InChI=1S/C24H23N3O2S2/c1-2-17-9-11-18(12-10-17)27-23(29)20-7-3-4-8-21(20)26-24(27)31-16-22(28)25-14-13-19-6-5-15-30-19/h3-12,15H,2,13-14,16H2,1H3,(H,25,28). The molecule has 0 radical (unpaired) electrons. The molecule has 31 heavy (non-hydrogen) atoms. The van der Waals surface area contributed by atoms with Crippen molar-refractivity contribution in [3.8, 4) is 5.69 Å². The molecule has 0 atom stereocenters. The Kier molecular flexibility index (Phi) is 6.84. The average molecular weight is 450 g/mol. The number of fused-ring (bicyclic) bond motifs is 1. The zero-order chi connectivity index (χ0) is 21.6. The zero-order valence-corrected chi connectivity index (χ0v) is 18.8. The Bertz CT molecular complexity index is 1230. The number of amides is 1. The molecule has 5 nitrogen and oxygen atoms in total. The minimum atomic E-state index is -0.129. The Labute approximate surface area is 189 Å². The molecule has 1 N–H and O–H groups in total. The van der Waals surface area contributed by atoms with Crippen LogP contribution in [0.5, 0.6) is 0 Å². The first-order valence-electron chi connectivity index (χ1n) is 10.2. The van der Waals surface area contributed by atoms with Crippen molar-refractivity contribution in [2.24, 2.45) is 0 Å². The van der Waals surface area contributed by atoms with Crippen molar-refractivity contribution in [3.63, 3.8) is 0 Å². The van der Waals surface area contributed by atoms with Crippen LogP contribution in [0.4, 0.5) is 0 Å². The lowest BCUT2D eigenvalue weighted by molar-refractivity contribution is -0.118. The molecule has 4 rings (SSSR count). The number of para-hydroxylation sites is 1. The molecule has 1 amide bonds. The van der Waals surface area contributed by atoms with Gasteiger partial charge < -0.3 is 5.32 Å². The zero-order valence-electron chi connectivity index (χ0n) is 17.2. The van der Waals surface area contributed by atoms with Crippen LogP contribution in [0, 0.1) is 0 Å². The molecule has 0 fully saturated rings. The molecule has 7 heteroatoms. The van der Waals surface area contributed by atoms with E-state index in [1.54, 1.807) is 22.0 Å². The highest BCUT2D eigenvalue weighted by Gasteiger charge is 2.14. The minimum Gasteiger partial charge on any atom is -0.355 e. The van der Waals surface area contributed by atoms with Crippen LogP contribution >= 0.6 is 23.1 Å². The minimum absolute atomic E-state index is 0.0724. The van der Waals surface area contributed by atoms with Gasteiger partial charge >= 0.3 is 0 Å². The monoisotopic (exact) mass is 449 g/mol. The molecular formula is C24H23N3O2S2. The summed E-state index contributed by atoms with van der Waals surface area (Å²) in [5.41, 5.74) is 2.45. The summed E-state index contributed by atoms with van der Waals surface area (Å²) >= 11 is 2.96. The lowest BCUT2D eigenvalue weighted by Gasteiger charge is -2.13. The van der Waals surface area contributed by atoms with Gasteiger partial charge in [0.05, 0.1) is 22.3 Å². The van der Waals surface area contributed by atoms with Crippen LogP contribution in [0.3, 0.4) is 0 Å². The second-order valence-electron chi connectivity index (χ2n) is 7.04. The number of thioether (sulfide) groups is 1. The molecule has 0 aliphatic rings. The van der Waals surface area contributed by atoms with Gasteiger partial charge in [0.15, 0.2) is 5.16 Å². The van der Waals surface area contributed by atoms with Crippen molar-refractivity contribution in [2.75, 3.05) is 12.3 Å². The number of hydrogen-bond donors (Lipinski definition) is 1. The Morgan fingerprint density at radius 3 is 2.65 bits per heavy atom. The number of hydrogen-bond acceptors (Lipinski definition) is 5. The van der Waals surface area contributed by atoms with Crippen molar-refractivity contribution < 1.29 is 4.79 Å². The molecule has 0 spiro atoms. The normalized spacial score (nSPS) is 11.0. The van der Waals surface area contributed by atoms with E-state index < -0.39 is 0 Å². The maximum atomic E-state index is 13.3. The Hall–Kier alpha value is -2.90. The van der Waals surface area contributed by atoms with Gasteiger partial charge in [0.1, 0.15) is 0 Å². The third kappa shape index (κ3) is 5.06. The molecule has 4 aromatic rings. The van der Waals surface area contributed by atoms with E-state index in [0.717, 1.165) is 18.5 Å². The summed E-state index contributed by atoms with van der Waals surface area (Å²) in [6.45, 7) is 2.69.